The number of aromatic nitrogens is 4. The molecule has 28 heavy (non-hydrogen) atoms. The topological polar surface area (TPSA) is 63.9 Å². The van der Waals surface area contributed by atoms with Crippen molar-refractivity contribution in [2.45, 2.75) is 20.0 Å². The highest BCUT2D eigenvalue weighted by Crippen LogP contribution is 2.27. The quantitative estimate of drug-likeness (QED) is 0.513. The second-order valence-electron chi connectivity index (χ2n) is 6.63. The molecule has 140 valence electrons. The van der Waals surface area contributed by atoms with Crippen molar-refractivity contribution >= 4 is 28.6 Å². The van der Waals surface area contributed by atoms with Crippen molar-refractivity contribution in [2.75, 3.05) is 6.54 Å². The van der Waals surface area contributed by atoms with E-state index in [2.05, 4.69) is 31.2 Å². The van der Waals surface area contributed by atoms with Crippen molar-refractivity contribution in [3.05, 3.63) is 63.6 Å². The highest BCUT2D eigenvalue weighted by atomic mass is 32.1. The molecule has 1 amide bonds. The van der Waals surface area contributed by atoms with Gasteiger partial charge in [0.1, 0.15) is 5.69 Å². The largest absolute Gasteiger partial charge is 0.329 e. The summed E-state index contributed by atoms with van der Waals surface area (Å²) >= 11 is 3.30. The molecule has 3 aromatic heterocycles. The van der Waals surface area contributed by atoms with Crippen LogP contribution in [0.1, 0.15) is 21.1 Å². The molecule has 0 N–H and O–H groups in total. The minimum atomic E-state index is 0.0263. The summed E-state index contributed by atoms with van der Waals surface area (Å²) in [5, 5.41) is 10.7. The van der Waals surface area contributed by atoms with Crippen LogP contribution in [0.2, 0.25) is 0 Å². The first-order valence-electron chi connectivity index (χ1n) is 8.96. The molecule has 6 nitrogen and oxygen atoms in total. The average molecular weight is 408 g/mol. The standard InChI is InChI=1S/C20H17N5OS2/c1-13-18(21-12-28-13)19-23-22-17-11-24(8-9-25(17)19)20(26)15-6-4-14(5-7-15)16-3-2-10-27-16/h2-7,10,12H,8-9,11H2,1H3. The fourth-order valence-corrected chi connectivity index (χ4v) is 4.73. The van der Waals surface area contributed by atoms with Crippen molar-refractivity contribution in [3.8, 4) is 22.0 Å². The van der Waals surface area contributed by atoms with E-state index in [0.717, 1.165) is 27.8 Å². The van der Waals surface area contributed by atoms with Crippen LogP contribution in [0, 0.1) is 6.92 Å². The zero-order valence-corrected chi connectivity index (χ0v) is 16.8. The molecule has 0 aliphatic carbocycles. The third kappa shape index (κ3) is 2.94. The number of hydrogen-bond acceptors (Lipinski definition) is 6. The number of carbonyl (C=O) groups is 1. The van der Waals surface area contributed by atoms with E-state index in [9.17, 15) is 4.79 Å². The van der Waals surface area contributed by atoms with Crippen LogP contribution >= 0.6 is 22.7 Å². The first kappa shape index (κ1) is 17.3. The summed E-state index contributed by atoms with van der Waals surface area (Å²) in [7, 11) is 0. The number of thiophene rings is 1. The fourth-order valence-electron chi connectivity index (χ4n) is 3.43. The molecule has 0 unspecified atom stereocenters. The smallest absolute Gasteiger partial charge is 0.254 e. The number of hydrogen-bond donors (Lipinski definition) is 0. The number of fused-ring (bicyclic) bond motifs is 1. The van der Waals surface area contributed by atoms with Gasteiger partial charge in [0.05, 0.1) is 12.1 Å². The first-order valence-corrected chi connectivity index (χ1v) is 10.7. The van der Waals surface area contributed by atoms with E-state index in [1.54, 1.807) is 22.7 Å². The van der Waals surface area contributed by atoms with Crippen molar-refractivity contribution in [2.24, 2.45) is 0 Å². The molecule has 0 fully saturated rings. The summed E-state index contributed by atoms with van der Waals surface area (Å²) in [6.07, 6.45) is 0. The summed E-state index contributed by atoms with van der Waals surface area (Å²) < 4.78 is 2.08. The molecule has 0 saturated heterocycles. The van der Waals surface area contributed by atoms with Gasteiger partial charge in [-0.1, -0.05) is 18.2 Å². The molecule has 0 bridgehead atoms. The van der Waals surface area contributed by atoms with Gasteiger partial charge in [-0.15, -0.1) is 32.9 Å². The molecule has 0 radical (unpaired) electrons. The Hall–Kier alpha value is -2.84. The van der Waals surface area contributed by atoms with Gasteiger partial charge in [0.15, 0.2) is 11.6 Å². The van der Waals surface area contributed by atoms with Gasteiger partial charge >= 0.3 is 0 Å². The number of amides is 1. The van der Waals surface area contributed by atoms with E-state index in [-0.39, 0.29) is 5.91 Å². The Kier molecular flexibility index (Phi) is 4.29. The molecular weight excluding hydrogens is 390 g/mol. The molecule has 1 aliphatic heterocycles. The van der Waals surface area contributed by atoms with Crippen LogP contribution in [0.3, 0.4) is 0 Å². The number of rotatable bonds is 3. The van der Waals surface area contributed by atoms with Crippen LogP contribution in [0.5, 0.6) is 0 Å². The van der Waals surface area contributed by atoms with Crippen molar-refractivity contribution in [1.29, 1.82) is 0 Å². The summed E-state index contributed by atoms with van der Waals surface area (Å²) in [6, 6.07) is 11.9. The van der Waals surface area contributed by atoms with Gasteiger partial charge in [0, 0.05) is 28.4 Å². The third-order valence-corrected chi connectivity index (χ3v) is 6.61. The lowest BCUT2D eigenvalue weighted by molar-refractivity contribution is 0.0708. The van der Waals surface area contributed by atoms with Crippen molar-refractivity contribution < 1.29 is 4.79 Å². The number of thiazole rings is 1. The lowest BCUT2D eigenvalue weighted by Crippen LogP contribution is -2.38. The van der Waals surface area contributed by atoms with Gasteiger partial charge in [-0.2, -0.15) is 0 Å². The first-order chi connectivity index (χ1) is 13.7. The Balaban J connectivity index is 1.36. The minimum Gasteiger partial charge on any atom is -0.329 e. The Morgan fingerprint density at radius 3 is 2.64 bits per heavy atom. The zero-order valence-electron chi connectivity index (χ0n) is 15.2. The van der Waals surface area contributed by atoms with Gasteiger partial charge in [0.25, 0.3) is 5.91 Å². The molecule has 4 heterocycles. The average Bonchev–Trinajstić information content (AvgIpc) is 3.48. The summed E-state index contributed by atoms with van der Waals surface area (Å²) in [5.74, 6) is 1.62. The molecule has 0 saturated carbocycles. The monoisotopic (exact) mass is 407 g/mol. The maximum Gasteiger partial charge on any atom is 0.254 e. The molecule has 5 rings (SSSR count). The SMILES string of the molecule is Cc1scnc1-c1nnc2n1CCN(C(=O)c1ccc(-c3cccs3)cc1)C2. The molecule has 0 atom stereocenters. The van der Waals surface area contributed by atoms with Gasteiger partial charge in [-0.05, 0) is 36.1 Å². The molecule has 8 heteroatoms. The predicted molar refractivity (Wildman–Crippen MR) is 110 cm³/mol. The Bertz CT molecular complexity index is 1130. The van der Waals surface area contributed by atoms with E-state index in [0.29, 0.717) is 25.2 Å². The molecule has 1 aromatic carbocycles. The lowest BCUT2D eigenvalue weighted by atomic mass is 10.1. The maximum absolute atomic E-state index is 13.0. The van der Waals surface area contributed by atoms with Crippen LogP contribution in [-0.2, 0) is 13.1 Å². The van der Waals surface area contributed by atoms with Crippen LogP contribution in [0.4, 0.5) is 0 Å². The van der Waals surface area contributed by atoms with E-state index in [1.165, 1.54) is 4.88 Å². The second kappa shape index (κ2) is 6.96. The van der Waals surface area contributed by atoms with E-state index >= 15 is 0 Å². The Labute approximate surface area is 170 Å². The maximum atomic E-state index is 13.0. The molecule has 1 aliphatic rings. The fraction of sp³-hybridized carbons (Fsp3) is 0.200. The summed E-state index contributed by atoms with van der Waals surface area (Å²) in [4.78, 5) is 21.5. The molecular formula is C20H17N5OS2. The predicted octanol–water partition coefficient (Wildman–Crippen LogP) is 4.09. The van der Waals surface area contributed by atoms with Crippen LogP contribution in [0.25, 0.3) is 22.0 Å². The van der Waals surface area contributed by atoms with E-state index in [4.69, 9.17) is 0 Å². The van der Waals surface area contributed by atoms with Crippen LogP contribution in [0.15, 0.2) is 47.3 Å². The number of benzene rings is 1. The third-order valence-electron chi connectivity index (χ3n) is 4.93. The van der Waals surface area contributed by atoms with Crippen molar-refractivity contribution in [1.82, 2.24) is 24.6 Å². The Morgan fingerprint density at radius 2 is 1.93 bits per heavy atom. The Morgan fingerprint density at radius 1 is 1.07 bits per heavy atom. The molecule has 4 aromatic rings. The van der Waals surface area contributed by atoms with Gasteiger partial charge in [0.2, 0.25) is 0 Å². The van der Waals surface area contributed by atoms with Gasteiger partial charge in [-0.3, -0.25) is 4.79 Å². The second-order valence-corrected chi connectivity index (χ2v) is 8.64. The number of carbonyl (C=O) groups excluding carboxylic acids is 1. The molecule has 0 spiro atoms. The lowest BCUT2D eigenvalue weighted by Gasteiger charge is -2.28. The number of aryl methyl sites for hydroxylation is 1. The van der Waals surface area contributed by atoms with E-state index in [1.807, 2.05) is 47.7 Å². The minimum absolute atomic E-state index is 0.0263. The van der Waals surface area contributed by atoms with Crippen molar-refractivity contribution in [3.63, 3.8) is 0 Å². The zero-order chi connectivity index (χ0) is 19.1. The van der Waals surface area contributed by atoms with Gasteiger partial charge in [-0.25, -0.2) is 4.98 Å². The highest BCUT2D eigenvalue weighted by Gasteiger charge is 2.26. The van der Waals surface area contributed by atoms with E-state index < -0.39 is 0 Å². The highest BCUT2D eigenvalue weighted by molar-refractivity contribution is 7.13. The van der Waals surface area contributed by atoms with Crippen LogP contribution in [-0.4, -0.2) is 37.1 Å². The van der Waals surface area contributed by atoms with Gasteiger partial charge < -0.3 is 9.47 Å². The summed E-state index contributed by atoms with van der Waals surface area (Å²) in [5.41, 5.74) is 4.54. The normalized spacial score (nSPS) is 13.5. The summed E-state index contributed by atoms with van der Waals surface area (Å²) in [6.45, 7) is 3.80. The number of nitrogens with zero attached hydrogens (tertiary/aromatic N) is 5. The van der Waals surface area contributed by atoms with Crippen LogP contribution < -0.4 is 0 Å².